The van der Waals surface area contributed by atoms with Crippen molar-refractivity contribution in [2.45, 2.75) is 22.6 Å². The molecular formula is C21H27N3O7S2. The molecule has 0 spiro atoms. The van der Waals surface area contributed by atoms with E-state index in [2.05, 4.69) is 4.98 Å². The van der Waals surface area contributed by atoms with Gasteiger partial charge >= 0.3 is 5.97 Å². The average molecular weight is 498 g/mol. The fraction of sp³-hybridized carbons (Fsp3) is 0.429. The molecule has 1 fully saturated rings. The van der Waals surface area contributed by atoms with Crippen molar-refractivity contribution in [1.29, 1.82) is 0 Å². The quantitative estimate of drug-likeness (QED) is 0.376. The van der Waals surface area contributed by atoms with Crippen LogP contribution in [0.25, 0.3) is 0 Å². The highest BCUT2D eigenvalue weighted by atomic mass is 32.2. The molecule has 180 valence electrons. The molecular weight excluding hydrogens is 470 g/mol. The van der Waals surface area contributed by atoms with E-state index in [0.717, 1.165) is 4.31 Å². The molecule has 0 radical (unpaired) electrons. The number of carbonyl (C=O) groups excluding carboxylic acids is 1. The van der Waals surface area contributed by atoms with Gasteiger partial charge in [0.15, 0.2) is 0 Å². The van der Waals surface area contributed by atoms with Crippen LogP contribution in [0.1, 0.15) is 12.8 Å². The van der Waals surface area contributed by atoms with E-state index in [9.17, 15) is 21.6 Å². The molecule has 3 rings (SSSR count). The molecule has 1 aliphatic heterocycles. The van der Waals surface area contributed by atoms with E-state index < -0.39 is 20.0 Å². The fourth-order valence-electron chi connectivity index (χ4n) is 3.32. The van der Waals surface area contributed by atoms with Crippen LogP contribution >= 0.6 is 0 Å². The van der Waals surface area contributed by atoms with Crippen molar-refractivity contribution in [2.24, 2.45) is 5.92 Å². The van der Waals surface area contributed by atoms with Crippen LogP contribution in [0.5, 0.6) is 5.75 Å². The van der Waals surface area contributed by atoms with Crippen molar-refractivity contribution in [3.05, 3.63) is 48.8 Å². The minimum Gasteiger partial charge on any atom is -0.490 e. The van der Waals surface area contributed by atoms with Crippen LogP contribution in [0.4, 0.5) is 0 Å². The van der Waals surface area contributed by atoms with Crippen molar-refractivity contribution < 1.29 is 31.1 Å². The number of hydrogen-bond acceptors (Lipinski definition) is 8. The fourth-order valence-corrected chi connectivity index (χ4v) is 5.65. The molecule has 0 saturated carbocycles. The van der Waals surface area contributed by atoms with Crippen molar-refractivity contribution in [3.63, 3.8) is 0 Å². The molecule has 0 aliphatic carbocycles. The second-order valence-electron chi connectivity index (χ2n) is 7.64. The largest absolute Gasteiger partial charge is 0.490 e. The normalized spacial score (nSPS) is 16.0. The first kappa shape index (κ1) is 25.1. The molecule has 12 heteroatoms. The first-order chi connectivity index (χ1) is 15.6. The molecule has 1 aromatic carbocycles. The van der Waals surface area contributed by atoms with Crippen LogP contribution in [-0.2, 0) is 29.6 Å². The number of benzene rings is 1. The Morgan fingerprint density at radius 2 is 1.70 bits per heavy atom. The maximum atomic E-state index is 12.6. The molecule has 0 unspecified atom stereocenters. The van der Waals surface area contributed by atoms with Crippen molar-refractivity contribution in [2.75, 3.05) is 40.4 Å². The number of pyridine rings is 1. The van der Waals surface area contributed by atoms with E-state index in [4.69, 9.17) is 9.47 Å². The molecule has 0 amide bonds. The second-order valence-corrected chi connectivity index (χ2v) is 11.7. The molecule has 2 heterocycles. The Labute approximate surface area is 194 Å². The van der Waals surface area contributed by atoms with E-state index in [1.807, 2.05) is 0 Å². The molecule has 1 aliphatic rings. The lowest BCUT2D eigenvalue weighted by Gasteiger charge is -2.30. The van der Waals surface area contributed by atoms with Crippen molar-refractivity contribution >= 4 is 26.0 Å². The number of ether oxygens (including phenoxy) is 2. The molecule has 33 heavy (non-hydrogen) atoms. The predicted molar refractivity (Wildman–Crippen MR) is 119 cm³/mol. The van der Waals surface area contributed by atoms with Gasteiger partial charge in [-0.3, -0.25) is 9.78 Å². The van der Waals surface area contributed by atoms with Crippen LogP contribution in [0.2, 0.25) is 0 Å². The molecule has 1 saturated heterocycles. The van der Waals surface area contributed by atoms with Crippen LogP contribution < -0.4 is 4.74 Å². The Balaban J connectivity index is 1.42. The number of rotatable bonds is 9. The Hall–Kier alpha value is -2.54. The van der Waals surface area contributed by atoms with E-state index >= 15 is 0 Å². The molecule has 0 bridgehead atoms. The highest BCUT2D eigenvalue weighted by Crippen LogP contribution is 2.24. The van der Waals surface area contributed by atoms with Gasteiger partial charge in [-0.05, 0) is 49.2 Å². The number of sulfonamides is 2. The number of nitrogens with zero attached hydrogens (tertiary/aromatic N) is 3. The summed E-state index contributed by atoms with van der Waals surface area (Å²) in [6.45, 7) is 0.607. The lowest BCUT2D eigenvalue weighted by Crippen LogP contribution is -2.40. The van der Waals surface area contributed by atoms with Crippen molar-refractivity contribution in [3.8, 4) is 5.75 Å². The van der Waals surface area contributed by atoms with E-state index in [1.165, 1.54) is 61.1 Å². The monoisotopic (exact) mass is 497 g/mol. The highest BCUT2D eigenvalue weighted by Gasteiger charge is 2.32. The van der Waals surface area contributed by atoms with Crippen LogP contribution in [0.3, 0.4) is 0 Å². The van der Waals surface area contributed by atoms with Gasteiger partial charge in [-0.15, -0.1) is 0 Å². The lowest BCUT2D eigenvalue weighted by molar-refractivity contribution is -0.150. The van der Waals surface area contributed by atoms with Crippen LogP contribution in [-0.4, -0.2) is 76.8 Å². The van der Waals surface area contributed by atoms with E-state index in [0.29, 0.717) is 18.6 Å². The SMILES string of the molecule is CN(C)S(=O)(=O)c1ccc(OCCOC(=O)C2CCN(S(=O)(=O)c3cccnc3)CC2)cc1. The Morgan fingerprint density at radius 3 is 2.27 bits per heavy atom. The van der Waals surface area contributed by atoms with Gasteiger partial charge in [-0.2, -0.15) is 4.31 Å². The van der Waals surface area contributed by atoms with Gasteiger partial charge in [-0.25, -0.2) is 21.1 Å². The van der Waals surface area contributed by atoms with Gasteiger partial charge in [0.1, 0.15) is 23.9 Å². The summed E-state index contributed by atoms with van der Waals surface area (Å²) in [5, 5.41) is 0. The summed E-state index contributed by atoms with van der Waals surface area (Å²) in [5.74, 6) is -0.303. The number of esters is 1. The van der Waals surface area contributed by atoms with E-state index in [1.54, 1.807) is 6.07 Å². The van der Waals surface area contributed by atoms with Gasteiger partial charge in [0.05, 0.1) is 10.8 Å². The maximum Gasteiger partial charge on any atom is 0.309 e. The average Bonchev–Trinajstić information content (AvgIpc) is 2.82. The van der Waals surface area contributed by atoms with Crippen LogP contribution in [0, 0.1) is 5.92 Å². The number of carbonyl (C=O) groups is 1. The summed E-state index contributed by atoms with van der Waals surface area (Å²) in [7, 11) is -4.22. The summed E-state index contributed by atoms with van der Waals surface area (Å²) < 4.78 is 62.7. The summed E-state index contributed by atoms with van der Waals surface area (Å²) in [6.07, 6.45) is 3.57. The van der Waals surface area contributed by atoms with Gasteiger partial charge in [-0.1, -0.05) is 0 Å². The van der Waals surface area contributed by atoms with Crippen LogP contribution in [0.15, 0.2) is 58.6 Å². The topological polar surface area (TPSA) is 123 Å². The summed E-state index contributed by atoms with van der Waals surface area (Å²) in [4.78, 5) is 16.5. The standard InChI is InChI=1S/C21H27N3O7S2/c1-23(2)32(26,27)19-7-5-18(6-8-19)30-14-15-31-21(25)17-9-12-24(13-10-17)33(28,29)20-4-3-11-22-16-20/h3-8,11,16-17H,9-10,12-15H2,1-2H3. The Kier molecular flexibility index (Phi) is 8.05. The van der Waals surface area contributed by atoms with Gasteiger partial charge in [0, 0.05) is 39.6 Å². The van der Waals surface area contributed by atoms with Crippen molar-refractivity contribution in [1.82, 2.24) is 13.6 Å². The maximum absolute atomic E-state index is 12.6. The predicted octanol–water partition coefficient (Wildman–Crippen LogP) is 1.35. The highest BCUT2D eigenvalue weighted by molar-refractivity contribution is 7.89. The third-order valence-corrected chi connectivity index (χ3v) is 8.97. The minimum atomic E-state index is -3.62. The molecule has 0 N–H and O–H groups in total. The zero-order valence-electron chi connectivity index (χ0n) is 18.5. The van der Waals surface area contributed by atoms with E-state index in [-0.39, 0.29) is 48.0 Å². The number of aromatic nitrogens is 1. The second kappa shape index (κ2) is 10.6. The zero-order chi connectivity index (χ0) is 24.1. The smallest absolute Gasteiger partial charge is 0.309 e. The van der Waals surface area contributed by atoms with Gasteiger partial charge < -0.3 is 9.47 Å². The Bertz CT molecular complexity index is 1140. The molecule has 0 atom stereocenters. The first-order valence-electron chi connectivity index (χ1n) is 10.3. The summed E-state index contributed by atoms with van der Waals surface area (Å²) in [6, 6.07) is 9.04. The number of hydrogen-bond donors (Lipinski definition) is 0. The summed E-state index contributed by atoms with van der Waals surface area (Å²) in [5.41, 5.74) is 0. The molecule has 1 aromatic heterocycles. The third kappa shape index (κ3) is 6.08. The third-order valence-electron chi connectivity index (χ3n) is 5.26. The molecule has 10 nitrogen and oxygen atoms in total. The number of piperidine rings is 1. The lowest BCUT2D eigenvalue weighted by atomic mass is 9.98. The summed E-state index contributed by atoms with van der Waals surface area (Å²) >= 11 is 0. The van der Waals surface area contributed by atoms with Gasteiger partial charge in [0.25, 0.3) is 0 Å². The van der Waals surface area contributed by atoms with Gasteiger partial charge in [0.2, 0.25) is 20.0 Å². The Morgan fingerprint density at radius 1 is 1.03 bits per heavy atom. The first-order valence-corrected chi connectivity index (χ1v) is 13.2. The minimum absolute atomic E-state index is 0.0325. The molecule has 2 aromatic rings. The zero-order valence-corrected chi connectivity index (χ0v) is 20.1.